The maximum Gasteiger partial charge on any atom is 0.335 e. The Balaban J connectivity index is 2.03. The van der Waals surface area contributed by atoms with Crippen molar-refractivity contribution in [1.29, 1.82) is 0 Å². The molecule has 0 aromatic heterocycles. The lowest BCUT2D eigenvalue weighted by Gasteiger charge is -2.03. The molecule has 0 heterocycles. The first kappa shape index (κ1) is 14.8. The van der Waals surface area contributed by atoms with Gasteiger partial charge < -0.3 is 10.4 Å². The van der Waals surface area contributed by atoms with Crippen LogP contribution in [0, 0.1) is 0 Å². The van der Waals surface area contributed by atoms with Crippen molar-refractivity contribution in [3.05, 3.63) is 70.8 Å². The number of carboxylic acid groups (broad SMARTS) is 1. The van der Waals surface area contributed by atoms with E-state index in [2.05, 4.69) is 5.32 Å². The summed E-state index contributed by atoms with van der Waals surface area (Å²) in [7, 11) is 0. The minimum atomic E-state index is -1.04. The van der Waals surface area contributed by atoms with Crippen LogP contribution in [0.3, 0.4) is 0 Å². The summed E-state index contributed by atoms with van der Waals surface area (Å²) in [5.41, 5.74) is 1.39. The smallest absolute Gasteiger partial charge is 0.335 e. The zero-order chi connectivity index (χ0) is 15.2. The van der Waals surface area contributed by atoms with Crippen molar-refractivity contribution in [3.63, 3.8) is 0 Å². The van der Waals surface area contributed by atoms with Gasteiger partial charge in [-0.3, -0.25) is 4.79 Å². The first-order chi connectivity index (χ1) is 10.0. The standard InChI is InChI=1S/C16H12ClNO3/c17-13-7-4-11(5-8-13)6-9-15(19)18-14-3-1-2-12(10-14)16(20)21/h1-10H,(H,18,19)(H,20,21)/b9-6+. The maximum atomic E-state index is 11.8. The Morgan fingerprint density at radius 1 is 1.10 bits per heavy atom. The summed E-state index contributed by atoms with van der Waals surface area (Å²) in [6.45, 7) is 0. The van der Waals surface area contributed by atoms with Crippen LogP contribution in [-0.4, -0.2) is 17.0 Å². The largest absolute Gasteiger partial charge is 0.478 e. The number of amides is 1. The van der Waals surface area contributed by atoms with Crippen LogP contribution in [-0.2, 0) is 4.79 Å². The van der Waals surface area contributed by atoms with Crippen LogP contribution in [0.2, 0.25) is 5.02 Å². The molecule has 0 spiro atoms. The number of carbonyl (C=O) groups excluding carboxylic acids is 1. The molecule has 0 saturated heterocycles. The lowest BCUT2D eigenvalue weighted by Crippen LogP contribution is -2.08. The maximum absolute atomic E-state index is 11.8. The topological polar surface area (TPSA) is 66.4 Å². The van der Waals surface area contributed by atoms with Crippen molar-refractivity contribution >= 4 is 35.2 Å². The van der Waals surface area contributed by atoms with E-state index in [1.807, 2.05) is 0 Å². The number of carboxylic acids is 1. The molecule has 0 saturated carbocycles. The third-order valence-electron chi connectivity index (χ3n) is 2.67. The minimum absolute atomic E-state index is 0.120. The molecule has 106 valence electrons. The molecule has 2 N–H and O–H groups in total. The lowest BCUT2D eigenvalue weighted by atomic mass is 10.2. The van der Waals surface area contributed by atoms with Gasteiger partial charge in [-0.2, -0.15) is 0 Å². The summed E-state index contributed by atoms with van der Waals surface area (Å²) in [4.78, 5) is 22.6. The highest BCUT2D eigenvalue weighted by atomic mass is 35.5. The molecule has 2 aromatic rings. The van der Waals surface area contributed by atoms with Crippen LogP contribution in [0.5, 0.6) is 0 Å². The van der Waals surface area contributed by atoms with E-state index < -0.39 is 5.97 Å². The highest BCUT2D eigenvalue weighted by Gasteiger charge is 2.04. The van der Waals surface area contributed by atoms with E-state index in [4.69, 9.17) is 16.7 Å². The molecule has 5 heteroatoms. The number of nitrogens with one attached hydrogen (secondary N) is 1. The number of halogens is 1. The van der Waals surface area contributed by atoms with E-state index in [9.17, 15) is 9.59 Å². The Morgan fingerprint density at radius 2 is 1.81 bits per heavy atom. The van der Waals surface area contributed by atoms with Crippen molar-refractivity contribution in [2.24, 2.45) is 0 Å². The molecule has 1 amide bonds. The number of carbonyl (C=O) groups is 2. The van der Waals surface area contributed by atoms with Crippen molar-refractivity contribution in [2.45, 2.75) is 0 Å². The Morgan fingerprint density at radius 3 is 2.48 bits per heavy atom. The molecule has 0 atom stereocenters. The van der Waals surface area contributed by atoms with E-state index in [1.165, 1.54) is 18.2 Å². The van der Waals surface area contributed by atoms with Gasteiger partial charge in [0.1, 0.15) is 0 Å². The quantitative estimate of drug-likeness (QED) is 0.846. The summed E-state index contributed by atoms with van der Waals surface area (Å²) in [6, 6.07) is 13.1. The summed E-state index contributed by atoms with van der Waals surface area (Å²) >= 11 is 5.77. The summed E-state index contributed by atoms with van der Waals surface area (Å²) in [5, 5.41) is 12.1. The van der Waals surface area contributed by atoms with Crippen LogP contribution < -0.4 is 5.32 Å². The van der Waals surface area contributed by atoms with Gasteiger partial charge in [-0.25, -0.2) is 4.79 Å². The predicted molar refractivity (Wildman–Crippen MR) is 82.5 cm³/mol. The molecule has 21 heavy (non-hydrogen) atoms. The fraction of sp³-hybridized carbons (Fsp3) is 0. The molecular weight excluding hydrogens is 290 g/mol. The predicted octanol–water partition coefficient (Wildman–Crippen LogP) is 3.69. The van der Waals surface area contributed by atoms with E-state index in [0.717, 1.165) is 5.56 Å². The number of hydrogen-bond acceptors (Lipinski definition) is 2. The highest BCUT2D eigenvalue weighted by Crippen LogP contribution is 2.12. The van der Waals surface area contributed by atoms with E-state index in [1.54, 1.807) is 42.5 Å². The van der Waals surface area contributed by atoms with Gasteiger partial charge in [0.05, 0.1) is 5.56 Å². The lowest BCUT2D eigenvalue weighted by molar-refractivity contribution is -0.111. The van der Waals surface area contributed by atoms with Crippen LogP contribution in [0.4, 0.5) is 5.69 Å². The second-order valence-electron chi connectivity index (χ2n) is 4.26. The molecule has 2 aromatic carbocycles. The monoisotopic (exact) mass is 301 g/mol. The number of anilines is 1. The Kier molecular flexibility index (Phi) is 4.74. The first-order valence-corrected chi connectivity index (χ1v) is 6.50. The molecule has 0 bridgehead atoms. The molecule has 0 radical (unpaired) electrons. The van der Waals surface area contributed by atoms with Gasteiger partial charge in [0.15, 0.2) is 0 Å². The Labute approximate surface area is 126 Å². The van der Waals surface area contributed by atoms with E-state index in [-0.39, 0.29) is 11.5 Å². The molecule has 0 unspecified atom stereocenters. The molecular formula is C16H12ClNO3. The second kappa shape index (κ2) is 6.72. The summed E-state index contributed by atoms with van der Waals surface area (Å²) in [6.07, 6.45) is 3.02. The molecule has 0 aliphatic heterocycles. The normalized spacial score (nSPS) is 10.5. The number of hydrogen-bond donors (Lipinski definition) is 2. The van der Waals surface area contributed by atoms with Crippen LogP contribution in [0.1, 0.15) is 15.9 Å². The van der Waals surface area contributed by atoms with E-state index >= 15 is 0 Å². The second-order valence-corrected chi connectivity index (χ2v) is 4.70. The SMILES string of the molecule is O=C(/C=C/c1ccc(Cl)cc1)Nc1cccc(C(=O)O)c1. The summed E-state index contributed by atoms with van der Waals surface area (Å²) < 4.78 is 0. The third-order valence-corrected chi connectivity index (χ3v) is 2.93. The van der Waals surface area contributed by atoms with Gasteiger partial charge in [0, 0.05) is 16.8 Å². The molecule has 2 rings (SSSR count). The van der Waals surface area contributed by atoms with Gasteiger partial charge in [-0.05, 0) is 42.0 Å². The van der Waals surface area contributed by atoms with Crippen LogP contribution >= 0.6 is 11.6 Å². The van der Waals surface area contributed by atoms with Crippen molar-refractivity contribution in [2.75, 3.05) is 5.32 Å². The zero-order valence-electron chi connectivity index (χ0n) is 10.9. The third kappa shape index (κ3) is 4.47. The van der Waals surface area contributed by atoms with Gasteiger partial charge in [0.25, 0.3) is 0 Å². The first-order valence-electron chi connectivity index (χ1n) is 6.12. The average molecular weight is 302 g/mol. The Bertz CT molecular complexity index is 693. The molecule has 0 aliphatic carbocycles. The number of aromatic carboxylic acids is 1. The fourth-order valence-electron chi connectivity index (χ4n) is 1.66. The zero-order valence-corrected chi connectivity index (χ0v) is 11.7. The van der Waals surface area contributed by atoms with E-state index in [0.29, 0.717) is 10.7 Å². The molecule has 0 fully saturated rings. The fourth-order valence-corrected chi connectivity index (χ4v) is 1.79. The van der Waals surface area contributed by atoms with Gasteiger partial charge in [-0.15, -0.1) is 0 Å². The van der Waals surface area contributed by atoms with Crippen molar-refractivity contribution in [3.8, 4) is 0 Å². The highest BCUT2D eigenvalue weighted by molar-refractivity contribution is 6.30. The van der Waals surface area contributed by atoms with Gasteiger partial charge in [-0.1, -0.05) is 29.8 Å². The minimum Gasteiger partial charge on any atom is -0.478 e. The van der Waals surface area contributed by atoms with Crippen LogP contribution in [0.25, 0.3) is 6.08 Å². The van der Waals surface area contributed by atoms with Crippen molar-refractivity contribution in [1.82, 2.24) is 0 Å². The van der Waals surface area contributed by atoms with Gasteiger partial charge in [0.2, 0.25) is 5.91 Å². The van der Waals surface area contributed by atoms with Crippen molar-refractivity contribution < 1.29 is 14.7 Å². The van der Waals surface area contributed by atoms with Crippen LogP contribution in [0.15, 0.2) is 54.6 Å². The molecule has 4 nitrogen and oxygen atoms in total. The number of benzene rings is 2. The summed E-state index contributed by atoms with van der Waals surface area (Å²) in [5.74, 6) is -1.38. The Hall–Kier alpha value is -2.59. The molecule has 0 aliphatic rings. The number of rotatable bonds is 4. The van der Waals surface area contributed by atoms with Gasteiger partial charge >= 0.3 is 5.97 Å². The average Bonchev–Trinajstić information content (AvgIpc) is 2.47.